The van der Waals surface area contributed by atoms with Gasteiger partial charge in [0.15, 0.2) is 0 Å². The lowest BCUT2D eigenvalue weighted by atomic mass is 9.90. The van der Waals surface area contributed by atoms with Crippen molar-refractivity contribution < 1.29 is 5.02 Å². The van der Waals surface area contributed by atoms with Crippen LogP contribution >= 0.6 is 0 Å². The lowest BCUT2D eigenvalue weighted by Crippen LogP contribution is -2.13. The molecule has 3 nitrogen and oxygen atoms in total. The number of rotatable bonds is 1. The fraction of sp³-hybridized carbons (Fsp3) is 0. The van der Waals surface area contributed by atoms with Crippen molar-refractivity contribution in [3.05, 3.63) is 18.3 Å². The third-order valence-corrected chi connectivity index (χ3v) is 0.954. The fourth-order valence-electron chi connectivity index (χ4n) is 0.546. The molecule has 1 rings (SSSR count). The summed E-state index contributed by atoms with van der Waals surface area (Å²) in [5.74, 6) is 0.415. The number of aromatic nitrogens is 1. The van der Waals surface area contributed by atoms with Crippen LogP contribution in [0, 0.1) is 0 Å². The molecule has 1 heterocycles. The van der Waals surface area contributed by atoms with Crippen LogP contribution in [0.15, 0.2) is 18.3 Å². The summed E-state index contributed by atoms with van der Waals surface area (Å²) >= 11 is 0. The minimum atomic E-state index is 0.415. The van der Waals surface area contributed by atoms with Crippen molar-refractivity contribution in [2.75, 3.05) is 5.73 Å². The molecule has 0 aliphatic heterocycles. The lowest BCUT2D eigenvalue weighted by molar-refractivity contribution is 0.615. The highest BCUT2D eigenvalue weighted by atomic mass is 16.2. The van der Waals surface area contributed by atoms with E-state index in [-0.39, 0.29) is 0 Å². The number of nitrogens with zero attached hydrogens (tertiary/aromatic N) is 1. The Morgan fingerprint density at radius 1 is 1.67 bits per heavy atom. The Kier molecular flexibility index (Phi) is 1.70. The molecule has 0 bridgehead atoms. The lowest BCUT2D eigenvalue weighted by Gasteiger charge is -1.92. The van der Waals surface area contributed by atoms with E-state index in [9.17, 15) is 0 Å². The first-order valence-corrected chi connectivity index (χ1v) is 2.52. The van der Waals surface area contributed by atoms with E-state index in [4.69, 9.17) is 10.8 Å². The Bertz CT molecular complexity index is 204. The summed E-state index contributed by atoms with van der Waals surface area (Å²) in [6.07, 6.45) is 1.54. The molecule has 0 unspecified atom stereocenters. The van der Waals surface area contributed by atoms with Crippen LogP contribution < -0.4 is 11.2 Å². The summed E-state index contributed by atoms with van der Waals surface area (Å²) in [5, 5.41) is 8.45. The van der Waals surface area contributed by atoms with Gasteiger partial charge in [0, 0.05) is 6.20 Å². The zero-order chi connectivity index (χ0) is 6.69. The second-order valence-electron chi connectivity index (χ2n) is 1.64. The Labute approximate surface area is 53.8 Å². The number of hydrogen-bond donors (Lipinski definition) is 2. The maximum atomic E-state index is 8.45. The van der Waals surface area contributed by atoms with Crippen molar-refractivity contribution in [1.29, 1.82) is 0 Å². The quantitative estimate of drug-likeness (QED) is 0.463. The van der Waals surface area contributed by atoms with E-state index in [1.165, 1.54) is 6.20 Å². The Morgan fingerprint density at radius 2 is 2.44 bits per heavy atom. The molecule has 0 saturated heterocycles. The van der Waals surface area contributed by atoms with Crippen LogP contribution in [0.2, 0.25) is 0 Å². The summed E-state index contributed by atoms with van der Waals surface area (Å²) in [4.78, 5) is 3.73. The van der Waals surface area contributed by atoms with E-state index in [0.717, 1.165) is 7.48 Å². The summed E-state index contributed by atoms with van der Waals surface area (Å²) in [6.45, 7) is 0. The number of anilines is 1. The molecule has 45 valence electrons. The summed E-state index contributed by atoms with van der Waals surface area (Å²) in [7, 11) is 0.984. The number of nitrogen functional groups attached to an aromatic ring is 1. The molecule has 0 fully saturated rings. The molecule has 0 saturated carbocycles. The SMILES string of the molecule is Nc1cc([B]O)ccn1. The van der Waals surface area contributed by atoms with Crippen LogP contribution in [0.1, 0.15) is 0 Å². The van der Waals surface area contributed by atoms with Gasteiger partial charge in [0.05, 0.1) is 0 Å². The van der Waals surface area contributed by atoms with Gasteiger partial charge in [-0.15, -0.1) is 0 Å². The Balaban J connectivity index is 2.94. The van der Waals surface area contributed by atoms with E-state index in [2.05, 4.69) is 4.98 Å². The molecule has 0 amide bonds. The van der Waals surface area contributed by atoms with Crippen LogP contribution in [0.5, 0.6) is 0 Å². The minimum Gasteiger partial charge on any atom is -0.450 e. The largest absolute Gasteiger partial charge is 0.450 e. The van der Waals surface area contributed by atoms with E-state index < -0.39 is 0 Å². The van der Waals surface area contributed by atoms with Gasteiger partial charge in [-0.3, -0.25) is 0 Å². The molecule has 4 heteroatoms. The predicted molar refractivity (Wildman–Crippen MR) is 36.3 cm³/mol. The van der Waals surface area contributed by atoms with E-state index >= 15 is 0 Å². The summed E-state index contributed by atoms with van der Waals surface area (Å²) in [5.41, 5.74) is 5.96. The molecule has 1 aromatic rings. The van der Waals surface area contributed by atoms with Crippen LogP contribution in [-0.4, -0.2) is 17.5 Å². The van der Waals surface area contributed by atoms with Gasteiger partial charge in [-0.2, -0.15) is 0 Å². The average molecular weight is 121 g/mol. The minimum absolute atomic E-state index is 0.415. The van der Waals surface area contributed by atoms with Gasteiger partial charge in [-0.25, -0.2) is 4.98 Å². The molecule has 1 radical (unpaired) electrons. The van der Waals surface area contributed by atoms with Crippen molar-refractivity contribution in [1.82, 2.24) is 4.98 Å². The van der Waals surface area contributed by atoms with Crippen molar-refractivity contribution in [2.24, 2.45) is 0 Å². The molecule has 3 N–H and O–H groups in total. The molecule has 1 aromatic heterocycles. The first-order valence-electron chi connectivity index (χ1n) is 2.52. The highest BCUT2D eigenvalue weighted by molar-refractivity contribution is 6.45. The Hall–Kier alpha value is -1.03. The molecule has 0 aliphatic carbocycles. The highest BCUT2D eigenvalue weighted by Crippen LogP contribution is 1.87. The Morgan fingerprint density at radius 3 is 2.89 bits per heavy atom. The zero-order valence-electron chi connectivity index (χ0n) is 4.78. The topological polar surface area (TPSA) is 59.1 Å². The van der Waals surface area contributed by atoms with Crippen LogP contribution in [0.25, 0.3) is 0 Å². The van der Waals surface area contributed by atoms with Gasteiger partial charge in [0.2, 0.25) is 0 Å². The van der Waals surface area contributed by atoms with Gasteiger partial charge in [0.25, 0.3) is 0 Å². The zero-order valence-corrected chi connectivity index (χ0v) is 4.78. The number of pyridine rings is 1. The van der Waals surface area contributed by atoms with E-state index in [0.29, 0.717) is 11.3 Å². The number of nitrogens with two attached hydrogens (primary N) is 1. The number of hydrogen-bond acceptors (Lipinski definition) is 3. The maximum absolute atomic E-state index is 8.45. The van der Waals surface area contributed by atoms with E-state index in [1.807, 2.05) is 0 Å². The first-order chi connectivity index (χ1) is 4.33. The van der Waals surface area contributed by atoms with Gasteiger partial charge < -0.3 is 10.8 Å². The first kappa shape index (κ1) is 6.10. The highest BCUT2D eigenvalue weighted by Gasteiger charge is 1.91. The van der Waals surface area contributed by atoms with Crippen LogP contribution in [0.4, 0.5) is 5.82 Å². The molecule has 0 aliphatic rings. The van der Waals surface area contributed by atoms with E-state index in [1.54, 1.807) is 12.1 Å². The third kappa shape index (κ3) is 1.43. The molecule has 0 atom stereocenters. The molecular formula is C5H6BN2O. The fourth-order valence-corrected chi connectivity index (χ4v) is 0.546. The molecule has 9 heavy (non-hydrogen) atoms. The van der Waals surface area contributed by atoms with Gasteiger partial charge in [-0.05, 0) is 17.6 Å². The normalized spacial score (nSPS) is 9.00. The van der Waals surface area contributed by atoms with Crippen molar-refractivity contribution in [3.63, 3.8) is 0 Å². The van der Waals surface area contributed by atoms with Crippen molar-refractivity contribution >= 4 is 18.8 Å². The molecule has 0 spiro atoms. The standard InChI is InChI=1S/C5H6BN2O/c7-5-3-4(6-9)1-2-8-5/h1-3,9H,(H2,7,8). The van der Waals surface area contributed by atoms with Gasteiger partial charge in [0.1, 0.15) is 5.82 Å². The maximum Gasteiger partial charge on any atom is 0.326 e. The molecular weight excluding hydrogens is 115 g/mol. The monoisotopic (exact) mass is 121 g/mol. The van der Waals surface area contributed by atoms with Crippen molar-refractivity contribution in [3.8, 4) is 0 Å². The van der Waals surface area contributed by atoms with Gasteiger partial charge >= 0.3 is 7.48 Å². The van der Waals surface area contributed by atoms with Crippen LogP contribution in [0.3, 0.4) is 0 Å². The average Bonchev–Trinajstić information content (AvgIpc) is 1.88. The summed E-state index contributed by atoms with van der Waals surface area (Å²) in [6, 6.07) is 3.25. The van der Waals surface area contributed by atoms with Gasteiger partial charge in [-0.1, -0.05) is 0 Å². The second-order valence-corrected chi connectivity index (χ2v) is 1.64. The molecule has 0 aromatic carbocycles. The van der Waals surface area contributed by atoms with Crippen molar-refractivity contribution in [2.45, 2.75) is 0 Å². The third-order valence-electron chi connectivity index (χ3n) is 0.954. The predicted octanol–water partition coefficient (Wildman–Crippen LogP) is -1.10. The summed E-state index contributed by atoms with van der Waals surface area (Å²) < 4.78 is 0. The second kappa shape index (κ2) is 2.50. The smallest absolute Gasteiger partial charge is 0.326 e. The van der Waals surface area contributed by atoms with Crippen LogP contribution in [-0.2, 0) is 0 Å².